The van der Waals surface area contributed by atoms with Gasteiger partial charge >= 0.3 is 0 Å². The summed E-state index contributed by atoms with van der Waals surface area (Å²) in [5.41, 5.74) is 1.08. The molecule has 23 heavy (non-hydrogen) atoms. The lowest BCUT2D eigenvalue weighted by atomic mass is 9.79. The number of carbonyl (C=O) groups excluding carboxylic acids is 1. The zero-order valence-electron chi connectivity index (χ0n) is 12.7. The number of para-hydroxylation sites is 1. The molecule has 1 N–H and O–H groups in total. The van der Waals surface area contributed by atoms with Gasteiger partial charge in [0, 0.05) is 31.7 Å². The predicted molar refractivity (Wildman–Crippen MR) is 91.9 cm³/mol. The first kappa shape index (κ1) is 18.0. The summed E-state index contributed by atoms with van der Waals surface area (Å²) in [5.74, 6) is 1.43. The van der Waals surface area contributed by atoms with E-state index < -0.39 is 5.24 Å². The summed E-state index contributed by atoms with van der Waals surface area (Å²) < 4.78 is 10.9. The van der Waals surface area contributed by atoms with Gasteiger partial charge in [0.15, 0.2) is 6.61 Å². The Kier molecular flexibility index (Phi) is 6.27. The highest BCUT2D eigenvalue weighted by Gasteiger charge is 2.35. The molecule has 0 bridgehead atoms. The van der Waals surface area contributed by atoms with E-state index in [-0.39, 0.29) is 24.4 Å². The standard InChI is InChI=1S/C16H19ClN2O3.ClH/c17-14(20)9-22-13-4-2-1-3-12(13)15-18-10-16(11-19-15)5-7-21-8-6-16;/h1-4H,5-11H2,(H,18,19);1H. The van der Waals surface area contributed by atoms with Crippen molar-refractivity contribution in [2.75, 3.05) is 32.9 Å². The van der Waals surface area contributed by atoms with Crippen LogP contribution < -0.4 is 10.1 Å². The first-order valence-corrected chi connectivity index (χ1v) is 7.83. The fourth-order valence-corrected chi connectivity index (χ4v) is 2.93. The summed E-state index contributed by atoms with van der Waals surface area (Å²) in [6.45, 7) is 3.15. The van der Waals surface area contributed by atoms with E-state index in [1.165, 1.54) is 0 Å². The highest BCUT2D eigenvalue weighted by atomic mass is 35.5. The van der Waals surface area contributed by atoms with Crippen molar-refractivity contribution in [1.29, 1.82) is 0 Å². The number of nitrogens with zero attached hydrogens (tertiary/aromatic N) is 1. The van der Waals surface area contributed by atoms with Crippen LogP contribution in [0.5, 0.6) is 5.75 Å². The number of hydrogen-bond donors (Lipinski definition) is 1. The lowest BCUT2D eigenvalue weighted by molar-refractivity contribution is -0.113. The molecule has 2 aliphatic rings. The van der Waals surface area contributed by atoms with Crippen LogP contribution in [0.1, 0.15) is 18.4 Å². The van der Waals surface area contributed by atoms with Crippen LogP contribution >= 0.6 is 24.0 Å². The van der Waals surface area contributed by atoms with Gasteiger partial charge in [0.05, 0.1) is 5.56 Å². The molecule has 7 heteroatoms. The van der Waals surface area contributed by atoms with E-state index in [2.05, 4.69) is 5.32 Å². The van der Waals surface area contributed by atoms with Crippen LogP contribution in [-0.2, 0) is 9.53 Å². The van der Waals surface area contributed by atoms with Crippen LogP contribution in [-0.4, -0.2) is 44.0 Å². The minimum atomic E-state index is -0.519. The van der Waals surface area contributed by atoms with Crippen molar-refractivity contribution in [3.05, 3.63) is 29.8 Å². The van der Waals surface area contributed by atoms with Gasteiger partial charge in [0.25, 0.3) is 5.24 Å². The maximum atomic E-state index is 10.9. The largest absolute Gasteiger partial charge is 0.484 e. The highest BCUT2D eigenvalue weighted by Crippen LogP contribution is 2.33. The molecule has 0 amide bonds. The monoisotopic (exact) mass is 358 g/mol. The van der Waals surface area contributed by atoms with Gasteiger partial charge in [-0.2, -0.15) is 0 Å². The Morgan fingerprint density at radius 2 is 2.09 bits per heavy atom. The van der Waals surface area contributed by atoms with E-state index >= 15 is 0 Å². The second kappa shape index (κ2) is 7.99. The molecule has 1 aromatic rings. The Morgan fingerprint density at radius 3 is 2.74 bits per heavy atom. The van der Waals surface area contributed by atoms with Gasteiger partial charge in [0.2, 0.25) is 0 Å². The molecular weight excluding hydrogens is 339 g/mol. The molecule has 1 aromatic carbocycles. The minimum Gasteiger partial charge on any atom is -0.484 e. The van der Waals surface area contributed by atoms with Gasteiger partial charge < -0.3 is 14.8 Å². The second-order valence-electron chi connectivity index (χ2n) is 5.77. The lowest BCUT2D eigenvalue weighted by Crippen LogP contribution is -2.47. The van der Waals surface area contributed by atoms with Crippen molar-refractivity contribution in [3.63, 3.8) is 0 Å². The van der Waals surface area contributed by atoms with Gasteiger partial charge in [-0.3, -0.25) is 9.79 Å². The van der Waals surface area contributed by atoms with Gasteiger partial charge in [-0.1, -0.05) is 12.1 Å². The zero-order valence-corrected chi connectivity index (χ0v) is 14.3. The predicted octanol–water partition coefficient (Wildman–Crippen LogP) is 2.40. The summed E-state index contributed by atoms with van der Waals surface area (Å²) in [4.78, 5) is 15.6. The van der Waals surface area contributed by atoms with Crippen molar-refractivity contribution >= 4 is 35.1 Å². The van der Waals surface area contributed by atoms with Gasteiger partial charge in [-0.15, -0.1) is 12.4 Å². The van der Waals surface area contributed by atoms with Crippen LogP contribution in [0, 0.1) is 5.41 Å². The summed E-state index contributed by atoms with van der Waals surface area (Å²) in [7, 11) is 0. The molecule has 1 saturated heterocycles. The normalized spacial score (nSPS) is 19.3. The number of halogens is 2. The quantitative estimate of drug-likeness (QED) is 0.839. The molecule has 2 heterocycles. The lowest BCUT2D eigenvalue weighted by Gasteiger charge is -2.39. The molecule has 0 aromatic heterocycles. The average molecular weight is 359 g/mol. The molecule has 5 nitrogen and oxygen atoms in total. The molecule has 1 spiro atoms. The van der Waals surface area contributed by atoms with Crippen molar-refractivity contribution in [1.82, 2.24) is 5.32 Å². The SMILES string of the molecule is Cl.O=C(Cl)COc1ccccc1C1=NCC2(CCOCC2)CN1. The fourth-order valence-electron chi connectivity index (χ4n) is 2.87. The number of ether oxygens (including phenoxy) is 2. The van der Waals surface area contributed by atoms with E-state index in [0.717, 1.165) is 50.5 Å². The van der Waals surface area contributed by atoms with E-state index in [1.807, 2.05) is 24.3 Å². The second-order valence-corrected chi connectivity index (χ2v) is 6.19. The number of nitrogens with one attached hydrogen (secondary N) is 1. The van der Waals surface area contributed by atoms with E-state index in [1.54, 1.807) is 0 Å². The van der Waals surface area contributed by atoms with Crippen LogP contribution in [0.25, 0.3) is 0 Å². The third kappa shape index (κ3) is 4.37. The number of aliphatic imine (C=N–C) groups is 1. The Labute approximate surface area is 146 Å². The Bertz CT molecular complexity index is 586. The molecule has 126 valence electrons. The maximum absolute atomic E-state index is 10.9. The molecule has 0 radical (unpaired) electrons. The van der Waals surface area contributed by atoms with Gasteiger partial charge in [0.1, 0.15) is 11.6 Å². The summed E-state index contributed by atoms with van der Waals surface area (Å²) >= 11 is 5.34. The smallest absolute Gasteiger partial charge is 0.259 e. The summed E-state index contributed by atoms with van der Waals surface area (Å²) in [6.07, 6.45) is 2.07. The van der Waals surface area contributed by atoms with E-state index in [4.69, 9.17) is 26.1 Å². The molecule has 3 rings (SSSR count). The Morgan fingerprint density at radius 1 is 1.35 bits per heavy atom. The highest BCUT2D eigenvalue weighted by molar-refractivity contribution is 6.63. The van der Waals surface area contributed by atoms with Crippen LogP contribution in [0.15, 0.2) is 29.3 Å². The maximum Gasteiger partial charge on any atom is 0.259 e. The van der Waals surface area contributed by atoms with Crippen molar-refractivity contribution in [2.45, 2.75) is 12.8 Å². The van der Waals surface area contributed by atoms with Crippen molar-refractivity contribution in [3.8, 4) is 5.75 Å². The van der Waals surface area contributed by atoms with Gasteiger partial charge in [-0.25, -0.2) is 0 Å². The van der Waals surface area contributed by atoms with Crippen LogP contribution in [0.2, 0.25) is 0 Å². The van der Waals surface area contributed by atoms with E-state index in [9.17, 15) is 4.79 Å². The molecule has 0 atom stereocenters. The van der Waals surface area contributed by atoms with Gasteiger partial charge in [-0.05, 0) is 36.6 Å². The summed E-state index contributed by atoms with van der Waals surface area (Å²) in [6, 6.07) is 7.54. The zero-order chi connectivity index (χ0) is 15.4. The van der Waals surface area contributed by atoms with Crippen LogP contribution in [0.4, 0.5) is 0 Å². The number of hydrogen-bond acceptors (Lipinski definition) is 5. The van der Waals surface area contributed by atoms with E-state index in [0.29, 0.717) is 5.75 Å². The third-order valence-corrected chi connectivity index (χ3v) is 4.35. The molecule has 0 aliphatic carbocycles. The number of carbonyl (C=O) groups is 1. The van der Waals surface area contributed by atoms with Crippen LogP contribution in [0.3, 0.4) is 0 Å². The molecule has 0 unspecified atom stereocenters. The molecule has 2 aliphatic heterocycles. The first-order chi connectivity index (χ1) is 10.7. The topological polar surface area (TPSA) is 59.9 Å². The third-order valence-electron chi connectivity index (χ3n) is 4.24. The first-order valence-electron chi connectivity index (χ1n) is 7.45. The van der Waals surface area contributed by atoms with Crippen molar-refractivity contribution in [2.24, 2.45) is 10.4 Å². The number of amidine groups is 1. The Hall–Kier alpha value is -1.30. The number of rotatable bonds is 4. The van der Waals surface area contributed by atoms with Crippen molar-refractivity contribution < 1.29 is 14.3 Å². The molecular formula is C16H20Cl2N2O3. The summed E-state index contributed by atoms with van der Waals surface area (Å²) in [5, 5.41) is 2.90. The average Bonchev–Trinajstić information content (AvgIpc) is 2.55. The fraction of sp³-hybridized carbons (Fsp3) is 0.500. The molecule has 1 fully saturated rings. The number of benzene rings is 1. The minimum absolute atomic E-state index is 0. The Balaban J connectivity index is 0.00000192. The molecule has 0 saturated carbocycles.